The highest BCUT2D eigenvalue weighted by atomic mass is 32.3. The predicted molar refractivity (Wildman–Crippen MR) is 118 cm³/mol. The molecule has 29 heavy (non-hydrogen) atoms. The van der Waals surface area contributed by atoms with Gasteiger partial charge in [0.2, 0.25) is 0 Å². The molecule has 1 fully saturated rings. The van der Waals surface area contributed by atoms with Gasteiger partial charge in [-0.15, -0.1) is 0 Å². The minimum atomic E-state index is -0.637. The van der Waals surface area contributed by atoms with Crippen molar-refractivity contribution in [1.29, 1.82) is 0 Å². The first kappa shape index (κ1) is 21.8. The summed E-state index contributed by atoms with van der Waals surface area (Å²) in [4.78, 5) is 27.0. The highest BCUT2D eigenvalue weighted by Gasteiger charge is 2.21. The number of hydrogen-bond donors (Lipinski definition) is 1. The molecule has 1 aliphatic heterocycles. The van der Waals surface area contributed by atoms with E-state index in [0.717, 1.165) is 16.7 Å². The number of rotatable bonds is 8. The van der Waals surface area contributed by atoms with Crippen molar-refractivity contribution in [3.8, 4) is 0 Å². The summed E-state index contributed by atoms with van der Waals surface area (Å²) in [5.41, 5.74) is 7.60. The number of Topliss-reactive ketones (excluding diaryl/α,β-unsaturated/α-hetero) is 1. The summed E-state index contributed by atoms with van der Waals surface area (Å²) in [6.07, 6.45) is 6.74. The number of fused-ring (bicyclic) bond motifs is 1. The van der Waals surface area contributed by atoms with Crippen molar-refractivity contribution < 1.29 is 19.1 Å². The lowest BCUT2D eigenvalue weighted by atomic mass is 10.1. The third kappa shape index (κ3) is 5.39. The average Bonchev–Trinajstić information content (AvgIpc) is 3.07. The van der Waals surface area contributed by atoms with Gasteiger partial charge in [-0.3, -0.25) is 9.59 Å². The summed E-state index contributed by atoms with van der Waals surface area (Å²) < 4.78 is 13.0. The molecule has 0 spiro atoms. The summed E-state index contributed by atoms with van der Waals surface area (Å²) in [6, 6.07) is 7.34. The van der Waals surface area contributed by atoms with Crippen molar-refractivity contribution in [2.24, 2.45) is 5.73 Å². The second-order valence-corrected chi connectivity index (χ2v) is 12.7. The van der Waals surface area contributed by atoms with Gasteiger partial charge in [0.05, 0.1) is 37.6 Å². The number of benzene rings is 1. The third-order valence-electron chi connectivity index (χ3n) is 4.98. The predicted octanol–water partition coefficient (Wildman–Crippen LogP) is 1.92. The molecule has 0 unspecified atom stereocenters. The molecular weight excluding hydrogens is 390 g/mol. The minimum absolute atomic E-state index is 0.0148. The molecule has 1 amide bonds. The number of carbonyl (C=O) groups is 2. The lowest BCUT2D eigenvalue weighted by molar-refractivity contribution is 0.0303. The summed E-state index contributed by atoms with van der Waals surface area (Å²) in [6.45, 7) is 3.18. The van der Waals surface area contributed by atoms with Gasteiger partial charge in [0.15, 0.2) is 5.78 Å². The molecule has 2 aromatic rings. The zero-order valence-electron chi connectivity index (χ0n) is 17.5. The van der Waals surface area contributed by atoms with Gasteiger partial charge in [-0.2, -0.15) is 0 Å². The van der Waals surface area contributed by atoms with Crippen molar-refractivity contribution in [2.75, 3.05) is 64.0 Å². The van der Waals surface area contributed by atoms with Crippen molar-refractivity contribution in [1.82, 2.24) is 9.47 Å². The molecule has 2 N–H and O–H groups in total. The van der Waals surface area contributed by atoms with Crippen LogP contribution in [0.25, 0.3) is 10.9 Å². The van der Waals surface area contributed by atoms with E-state index in [0.29, 0.717) is 44.2 Å². The molecule has 0 aliphatic carbocycles. The second kappa shape index (κ2) is 9.30. The topological polar surface area (TPSA) is 86.8 Å². The maximum atomic E-state index is 12.8. The molecular formula is C21H31N3O4S. The van der Waals surface area contributed by atoms with Crippen LogP contribution in [-0.4, -0.2) is 85.1 Å². The van der Waals surface area contributed by atoms with Gasteiger partial charge in [0.1, 0.15) is 6.73 Å². The van der Waals surface area contributed by atoms with Crippen LogP contribution < -0.4 is 5.73 Å². The van der Waals surface area contributed by atoms with E-state index in [9.17, 15) is 9.59 Å². The molecule has 0 atom stereocenters. The van der Waals surface area contributed by atoms with Crippen LogP contribution in [0.3, 0.4) is 0 Å². The fraction of sp³-hybridized carbons (Fsp3) is 0.524. The Balaban J connectivity index is 1.84. The molecule has 2 heterocycles. The summed E-state index contributed by atoms with van der Waals surface area (Å²) in [7, 11) is -0.637. The molecule has 8 heteroatoms. The van der Waals surface area contributed by atoms with Crippen molar-refractivity contribution in [2.45, 2.75) is 6.73 Å². The maximum absolute atomic E-state index is 12.8. The van der Waals surface area contributed by atoms with Crippen LogP contribution >= 0.6 is 10.0 Å². The number of carbonyl (C=O) groups excluding carboxylic acids is 2. The Morgan fingerprint density at radius 2 is 1.90 bits per heavy atom. The number of nitrogens with two attached hydrogens (primary N) is 1. The number of ether oxygens (including phenoxy) is 2. The first-order chi connectivity index (χ1) is 13.8. The van der Waals surface area contributed by atoms with E-state index in [2.05, 4.69) is 18.8 Å². The SMILES string of the molecule is CS(C)(C)CCOCn1c(C(=O)CN)cc2cc(C(=O)N3CCOCC3)ccc21. The molecule has 0 saturated carbocycles. The number of amides is 1. The molecule has 1 aromatic carbocycles. The quantitative estimate of drug-likeness (QED) is 0.520. The Kier molecular flexibility index (Phi) is 7.00. The monoisotopic (exact) mass is 421 g/mol. The van der Waals surface area contributed by atoms with Crippen molar-refractivity contribution in [3.05, 3.63) is 35.5 Å². The van der Waals surface area contributed by atoms with E-state index in [1.54, 1.807) is 11.0 Å². The number of hydrogen-bond acceptors (Lipinski definition) is 5. The Labute approximate surface area is 173 Å². The van der Waals surface area contributed by atoms with Crippen LogP contribution in [0.15, 0.2) is 24.3 Å². The number of ketones is 1. The van der Waals surface area contributed by atoms with Crippen LogP contribution in [0.2, 0.25) is 0 Å². The molecule has 3 rings (SSSR count). The van der Waals surface area contributed by atoms with E-state index in [-0.39, 0.29) is 25.0 Å². The fourth-order valence-corrected chi connectivity index (χ4v) is 3.91. The van der Waals surface area contributed by atoms with E-state index in [4.69, 9.17) is 15.2 Å². The van der Waals surface area contributed by atoms with Crippen LogP contribution in [-0.2, 0) is 16.2 Å². The molecule has 1 aliphatic rings. The van der Waals surface area contributed by atoms with Gasteiger partial charge in [-0.25, -0.2) is 10.0 Å². The van der Waals surface area contributed by atoms with Gasteiger partial charge in [0, 0.05) is 29.8 Å². The first-order valence-electron chi connectivity index (χ1n) is 9.77. The van der Waals surface area contributed by atoms with E-state index in [1.807, 2.05) is 22.8 Å². The highest BCUT2D eigenvalue weighted by molar-refractivity contribution is 8.32. The first-order valence-corrected chi connectivity index (χ1v) is 12.8. The van der Waals surface area contributed by atoms with E-state index in [1.165, 1.54) is 0 Å². The molecule has 1 aromatic heterocycles. The maximum Gasteiger partial charge on any atom is 0.254 e. The smallest absolute Gasteiger partial charge is 0.254 e. The number of morpholine rings is 1. The van der Waals surface area contributed by atoms with Gasteiger partial charge >= 0.3 is 0 Å². The molecule has 160 valence electrons. The zero-order chi connectivity index (χ0) is 21.0. The fourth-order valence-electron chi connectivity index (χ4n) is 3.29. The largest absolute Gasteiger partial charge is 0.378 e. The summed E-state index contributed by atoms with van der Waals surface area (Å²) >= 11 is 0. The van der Waals surface area contributed by atoms with Crippen LogP contribution in [0.1, 0.15) is 20.8 Å². The minimum Gasteiger partial charge on any atom is -0.378 e. The number of aromatic nitrogens is 1. The van der Waals surface area contributed by atoms with Crippen molar-refractivity contribution >= 4 is 32.6 Å². The Hall–Kier alpha value is -1.87. The Morgan fingerprint density at radius 1 is 1.17 bits per heavy atom. The normalized spacial score (nSPS) is 15.7. The lowest BCUT2D eigenvalue weighted by Gasteiger charge is -2.26. The Bertz CT molecular complexity index is 882. The zero-order valence-corrected chi connectivity index (χ0v) is 18.3. The Morgan fingerprint density at radius 3 is 2.55 bits per heavy atom. The molecule has 0 bridgehead atoms. The second-order valence-electron chi connectivity index (χ2n) is 8.10. The standard InChI is InChI=1S/C21H31N3O4S/c1-29(2,3)11-10-28-15-24-18-5-4-16(21(26)23-6-8-27-9-7-23)12-17(18)13-19(24)20(25)14-22/h4-5,12-13H,6-11,14-15,22H2,1-3H3. The van der Waals surface area contributed by atoms with Gasteiger partial charge in [-0.1, -0.05) is 0 Å². The van der Waals surface area contributed by atoms with Crippen LogP contribution in [0, 0.1) is 0 Å². The molecule has 1 saturated heterocycles. The van der Waals surface area contributed by atoms with Crippen molar-refractivity contribution in [3.63, 3.8) is 0 Å². The lowest BCUT2D eigenvalue weighted by Crippen LogP contribution is -2.40. The third-order valence-corrected chi connectivity index (χ3v) is 6.37. The number of nitrogens with zero attached hydrogens (tertiary/aromatic N) is 2. The van der Waals surface area contributed by atoms with Gasteiger partial charge < -0.3 is 24.7 Å². The average molecular weight is 422 g/mol. The summed E-state index contributed by atoms with van der Waals surface area (Å²) in [5.74, 6) is 0.844. The van der Waals surface area contributed by atoms with Gasteiger partial charge in [-0.05, 0) is 43.0 Å². The highest BCUT2D eigenvalue weighted by Crippen LogP contribution is 2.33. The summed E-state index contributed by atoms with van der Waals surface area (Å²) in [5, 5.41) is 0.839. The van der Waals surface area contributed by atoms with Crippen LogP contribution in [0.4, 0.5) is 0 Å². The van der Waals surface area contributed by atoms with E-state index >= 15 is 0 Å². The molecule has 0 radical (unpaired) electrons. The molecule has 7 nitrogen and oxygen atoms in total. The van der Waals surface area contributed by atoms with Crippen LogP contribution in [0.5, 0.6) is 0 Å². The van der Waals surface area contributed by atoms with Gasteiger partial charge in [0.25, 0.3) is 5.91 Å². The van der Waals surface area contributed by atoms with E-state index < -0.39 is 10.0 Å².